The summed E-state index contributed by atoms with van der Waals surface area (Å²) in [5.74, 6) is 0.0918. The number of rotatable bonds is 2. The van der Waals surface area contributed by atoms with Gasteiger partial charge in [-0.25, -0.2) is 0 Å². The number of para-hydroxylation sites is 1. The van der Waals surface area contributed by atoms with Gasteiger partial charge in [0.25, 0.3) is 11.8 Å². The molecule has 0 aliphatic carbocycles. The third-order valence-electron chi connectivity index (χ3n) is 3.67. The van der Waals surface area contributed by atoms with Gasteiger partial charge in [-0.2, -0.15) is 0 Å². The third kappa shape index (κ3) is 2.65. The van der Waals surface area contributed by atoms with Crippen molar-refractivity contribution in [3.8, 4) is 5.75 Å². The van der Waals surface area contributed by atoms with Gasteiger partial charge in [0.05, 0.1) is 5.69 Å². The molecule has 22 heavy (non-hydrogen) atoms. The Kier molecular flexibility index (Phi) is 3.55. The van der Waals surface area contributed by atoms with Crippen LogP contribution in [0.1, 0.15) is 21.5 Å². The van der Waals surface area contributed by atoms with Gasteiger partial charge in [0.1, 0.15) is 11.4 Å². The minimum atomic E-state index is -0.236. The molecule has 0 saturated heterocycles. The van der Waals surface area contributed by atoms with E-state index < -0.39 is 0 Å². The molecule has 3 rings (SSSR count). The van der Waals surface area contributed by atoms with Crippen LogP contribution in [0.4, 0.5) is 11.4 Å². The first-order valence-corrected chi connectivity index (χ1v) is 6.99. The van der Waals surface area contributed by atoms with Crippen LogP contribution in [0.2, 0.25) is 0 Å². The molecular weight excluding hydrogens is 280 g/mol. The van der Waals surface area contributed by atoms with Crippen LogP contribution in [0.15, 0.2) is 36.4 Å². The average Bonchev–Trinajstić information content (AvgIpc) is 2.50. The second kappa shape index (κ2) is 5.52. The van der Waals surface area contributed by atoms with E-state index in [2.05, 4.69) is 10.6 Å². The maximum absolute atomic E-state index is 12.4. The Morgan fingerprint density at radius 1 is 1.18 bits per heavy atom. The third-order valence-corrected chi connectivity index (χ3v) is 3.67. The van der Waals surface area contributed by atoms with Crippen molar-refractivity contribution in [3.05, 3.63) is 53.1 Å². The number of ether oxygens (including phenoxy) is 1. The molecule has 2 aromatic carbocycles. The fourth-order valence-corrected chi connectivity index (χ4v) is 2.28. The predicted octanol–water partition coefficient (Wildman–Crippen LogP) is 2.89. The highest BCUT2D eigenvalue weighted by Gasteiger charge is 2.20. The first-order chi connectivity index (χ1) is 10.5. The van der Waals surface area contributed by atoms with Gasteiger partial charge in [0.15, 0.2) is 6.61 Å². The highest BCUT2D eigenvalue weighted by atomic mass is 16.5. The van der Waals surface area contributed by atoms with Crippen LogP contribution in [-0.4, -0.2) is 18.4 Å². The number of hydrogen-bond acceptors (Lipinski definition) is 3. The number of amides is 2. The minimum absolute atomic E-state index is 0.0123. The van der Waals surface area contributed by atoms with Gasteiger partial charge in [-0.1, -0.05) is 12.1 Å². The monoisotopic (exact) mass is 296 g/mol. The summed E-state index contributed by atoms with van der Waals surface area (Å²) in [6.07, 6.45) is 0. The van der Waals surface area contributed by atoms with Crippen molar-refractivity contribution in [2.24, 2.45) is 0 Å². The zero-order valence-electron chi connectivity index (χ0n) is 12.4. The van der Waals surface area contributed by atoms with Gasteiger partial charge in [0, 0.05) is 5.56 Å². The maximum atomic E-state index is 12.4. The number of benzene rings is 2. The summed E-state index contributed by atoms with van der Waals surface area (Å²) < 4.78 is 5.34. The van der Waals surface area contributed by atoms with E-state index in [1.165, 1.54) is 0 Å². The molecule has 2 amide bonds. The van der Waals surface area contributed by atoms with Gasteiger partial charge >= 0.3 is 0 Å². The molecule has 112 valence electrons. The topological polar surface area (TPSA) is 67.4 Å². The largest absolute Gasteiger partial charge is 0.481 e. The molecule has 0 aromatic heterocycles. The van der Waals surface area contributed by atoms with E-state index in [0.29, 0.717) is 22.7 Å². The Bertz CT molecular complexity index is 768. The van der Waals surface area contributed by atoms with Gasteiger partial charge in [-0.15, -0.1) is 0 Å². The van der Waals surface area contributed by atoms with Crippen LogP contribution in [-0.2, 0) is 4.79 Å². The maximum Gasteiger partial charge on any atom is 0.262 e. The number of carbonyl (C=O) groups is 2. The van der Waals surface area contributed by atoms with Crippen molar-refractivity contribution >= 4 is 23.2 Å². The molecule has 1 aliphatic rings. The number of fused-ring (bicyclic) bond motifs is 1. The van der Waals surface area contributed by atoms with E-state index in [9.17, 15) is 9.59 Å². The lowest BCUT2D eigenvalue weighted by molar-refractivity contribution is -0.118. The number of nitrogens with one attached hydrogen (secondary N) is 2. The summed E-state index contributed by atoms with van der Waals surface area (Å²) in [6, 6.07) is 10.8. The normalized spacial score (nSPS) is 12.9. The summed E-state index contributed by atoms with van der Waals surface area (Å²) in [5, 5.41) is 5.55. The fraction of sp³-hybridized carbons (Fsp3) is 0.176. The molecule has 2 aromatic rings. The van der Waals surface area contributed by atoms with Gasteiger partial charge in [-0.3, -0.25) is 9.59 Å². The SMILES string of the molecule is Cc1ccc(C(=O)Nc2cccc3c2NC(=O)CO3)cc1C. The minimum Gasteiger partial charge on any atom is -0.481 e. The van der Waals surface area contributed by atoms with Gasteiger partial charge in [-0.05, 0) is 49.2 Å². The van der Waals surface area contributed by atoms with E-state index in [0.717, 1.165) is 11.1 Å². The average molecular weight is 296 g/mol. The van der Waals surface area contributed by atoms with Crippen molar-refractivity contribution in [3.63, 3.8) is 0 Å². The zero-order chi connectivity index (χ0) is 15.7. The van der Waals surface area contributed by atoms with Crippen LogP contribution < -0.4 is 15.4 Å². The van der Waals surface area contributed by atoms with E-state index in [-0.39, 0.29) is 18.4 Å². The van der Waals surface area contributed by atoms with Gasteiger partial charge < -0.3 is 15.4 Å². The van der Waals surface area contributed by atoms with Crippen molar-refractivity contribution in [2.45, 2.75) is 13.8 Å². The second-order valence-electron chi connectivity index (χ2n) is 5.27. The number of aryl methyl sites for hydroxylation is 2. The Labute approximate surface area is 128 Å². The fourth-order valence-electron chi connectivity index (χ4n) is 2.28. The van der Waals surface area contributed by atoms with Crippen molar-refractivity contribution < 1.29 is 14.3 Å². The molecule has 1 heterocycles. The quantitative estimate of drug-likeness (QED) is 0.895. The molecule has 1 aliphatic heterocycles. The standard InChI is InChI=1S/C17H16N2O3/c1-10-6-7-12(8-11(10)2)17(21)18-13-4-3-5-14-16(13)19-15(20)9-22-14/h3-8H,9H2,1-2H3,(H,18,21)(H,19,20). The molecule has 0 fully saturated rings. The van der Waals surface area contributed by atoms with Crippen molar-refractivity contribution in [1.82, 2.24) is 0 Å². The molecule has 0 spiro atoms. The van der Waals surface area contributed by atoms with Gasteiger partial charge in [0.2, 0.25) is 0 Å². The Hall–Kier alpha value is -2.82. The number of anilines is 2. The first kappa shape index (κ1) is 14.1. The summed E-state index contributed by atoms with van der Waals surface area (Å²) in [6.45, 7) is 3.95. The van der Waals surface area contributed by atoms with Crippen LogP contribution in [0, 0.1) is 13.8 Å². The van der Waals surface area contributed by atoms with Crippen LogP contribution in [0.25, 0.3) is 0 Å². The smallest absolute Gasteiger partial charge is 0.262 e. The lowest BCUT2D eigenvalue weighted by Gasteiger charge is -2.20. The molecule has 5 heteroatoms. The summed E-state index contributed by atoms with van der Waals surface area (Å²) in [7, 11) is 0. The highest BCUT2D eigenvalue weighted by Crippen LogP contribution is 2.35. The lowest BCUT2D eigenvalue weighted by Crippen LogP contribution is -2.26. The Balaban J connectivity index is 1.88. The first-order valence-electron chi connectivity index (χ1n) is 6.99. The van der Waals surface area contributed by atoms with Crippen LogP contribution in [0.5, 0.6) is 5.75 Å². The summed E-state index contributed by atoms with van der Waals surface area (Å²) >= 11 is 0. The Morgan fingerprint density at radius 3 is 2.77 bits per heavy atom. The molecule has 5 nitrogen and oxygen atoms in total. The second-order valence-corrected chi connectivity index (χ2v) is 5.27. The molecule has 0 unspecified atom stereocenters. The number of carbonyl (C=O) groups excluding carboxylic acids is 2. The predicted molar refractivity (Wildman–Crippen MR) is 84.4 cm³/mol. The lowest BCUT2D eigenvalue weighted by atomic mass is 10.1. The van der Waals surface area contributed by atoms with E-state index in [1.54, 1.807) is 24.3 Å². The molecule has 0 bridgehead atoms. The Morgan fingerprint density at radius 2 is 2.00 bits per heavy atom. The highest BCUT2D eigenvalue weighted by molar-refractivity contribution is 6.08. The molecule has 2 N–H and O–H groups in total. The zero-order valence-corrected chi connectivity index (χ0v) is 12.4. The number of hydrogen-bond donors (Lipinski definition) is 2. The van der Waals surface area contributed by atoms with Crippen molar-refractivity contribution in [1.29, 1.82) is 0 Å². The molecule has 0 saturated carbocycles. The molecular formula is C17H16N2O3. The molecule has 0 atom stereocenters. The van der Waals surface area contributed by atoms with E-state index in [4.69, 9.17) is 4.74 Å². The van der Waals surface area contributed by atoms with E-state index >= 15 is 0 Å². The van der Waals surface area contributed by atoms with E-state index in [1.807, 2.05) is 26.0 Å². The van der Waals surface area contributed by atoms with Crippen LogP contribution in [0.3, 0.4) is 0 Å². The molecule has 0 radical (unpaired) electrons. The van der Waals surface area contributed by atoms with Crippen LogP contribution >= 0.6 is 0 Å². The summed E-state index contributed by atoms with van der Waals surface area (Å²) in [5.41, 5.74) is 3.78. The van der Waals surface area contributed by atoms with Crippen molar-refractivity contribution in [2.75, 3.05) is 17.2 Å². The summed E-state index contributed by atoms with van der Waals surface area (Å²) in [4.78, 5) is 23.8.